The lowest BCUT2D eigenvalue weighted by molar-refractivity contribution is -0.141. The van der Waals surface area contributed by atoms with E-state index >= 15 is 0 Å². The van der Waals surface area contributed by atoms with E-state index in [1.54, 1.807) is 57.2 Å². The lowest BCUT2D eigenvalue weighted by Gasteiger charge is -2.35. The summed E-state index contributed by atoms with van der Waals surface area (Å²) in [6.45, 7) is 13.2. The summed E-state index contributed by atoms with van der Waals surface area (Å²) in [4.78, 5) is 54.8. The van der Waals surface area contributed by atoms with E-state index in [-0.39, 0.29) is 19.4 Å². The molecule has 4 N–H and O–H groups in total. The maximum absolute atomic E-state index is 14.5. The number of anilines is 1. The quantitative estimate of drug-likeness (QED) is 0.156. The number of benzene rings is 2. The van der Waals surface area contributed by atoms with Gasteiger partial charge in [0.1, 0.15) is 17.7 Å². The highest BCUT2D eigenvalue weighted by atomic mass is 35.5. The summed E-state index contributed by atoms with van der Waals surface area (Å²) in [6, 6.07) is 10.3. The lowest BCUT2D eigenvalue weighted by atomic mass is 9.98. The predicted octanol–water partition coefficient (Wildman–Crippen LogP) is 7.32. The van der Waals surface area contributed by atoms with Crippen molar-refractivity contribution in [1.29, 1.82) is 0 Å². The minimum Gasteiger partial charge on any atom is -0.444 e. The van der Waals surface area contributed by atoms with Crippen molar-refractivity contribution in [3.05, 3.63) is 70.8 Å². The van der Waals surface area contributed by atoms with Gasteiger partial charge in [-0.05, 0) is 69.4 Å². The predicted molar refractivity (Wildman–Crippen MR) is 181 cm³/mol. The number of rotatable bonds is 17. The molecule has 4 amide bonds. The Labute approximate surface area is 272 Å². The Morgan fingerprint density at radius 3 is 2.33 bits per heavy atom. The number of halogens is 1. The fraction of sp³-hybridized carbons (Fsp3) is 0.486. The van der Waals surface area contributed by atoms with Crippen LogP contribution in [0, 0.1) is 6.92 Å². The molecule has 2 aromatic rings. The highest BCUT2D eigenvalue weighted by Crippen LogP contribution is 2.30. The summed E-state index contributed by atoms with van der Waals surface area (Å²) in [7, 11) is 0. The molecule has 10 heteroatoms. The van der Waals surface area contributed by atoms with Crippen LogP contribution < -0.4 is 16.4 Å². The minimum atomic E-state index is -1.17. The van der Waals surface area contributed by atoms with Crippen LogP contribution in [-0.4, -0.2) is 46.9 Å². The van der Waals surface area contributed by atoms with Crippen molar-refractivity contribution in [3.8, 4) is 0 Å². The molecule has 0 aromatic heterocycles. The van der Waals surface area contributed by atoms with Crippen LogP contribution >= 0.6 is 11.6 Å². The van der Waals surface area contributed by atoms with Gasteiger partial charge in [0.05, 0.1) is 10.7 Å². The van der Waals surface area contributed by atoms with Gasteiger partial charge in [-0.3, -0.25) is 14.4 Å². The first kappa shape index (κ1) is 37.3. The Kier molecular flexibility index (Phi) is 15.1. The van der Waals surface area contributed by atoms with Gasteiger partial charge in [-0.25, -0.2) is 4.79 Å². The highest BCUT2D eigenvalue weighted by molar-refractivity contribution is 6.34. The molecule has 2 rings (SSSR count). The fourth-order valence-corrected chi connectivity index (χ4v) is 5.20. The number of ether oxygens (including phenoxy) is 1. The molecular weight excluding hydrogens is 592 g/mol. The first-order valence-electron chi connectivity index (χ1n) is 15.6. The van der Waals surface area contributed by atoms with Crippen molar-refractivity contribution in [2.75, 3.05) is 11.9 Å². The smallest absolute Gasteiger partial charge is 0.408 e. The maximum atomic E-state index is 14.5. The van der Waals surface area contributed by atoms with E-state index in [1.165, 1.54) is 4.90 Å². The highest BCUT2D eigenvalue weighted by Gasteiger charge is 2.36. The number of primary amides is 1. The third-order valence-electron chi connectivity index (χ3n) is 7.20. The van der Waals surface area contributed by atoms with Gasteiger partial charge in [-0.15, -0.1) is 0 Å². The van der Waals surface area contributed by atoms with Gasteiger partial charge in [0.2, 0.25) is 11.8 Å². The van der Waals surface area contributed by atoms with Crippen molar-refractivity contribution in [2.24, 2.45) is 5.73 Å². The Balaban J connectivity index is 2.61. The summed E-state index contributed by atoms with van der Waals surface area (Å²) in [5, 5.41) is 5.95. The molecule has 2 atom stereocenters. The van der Waals surface area contributed by atoms with Crippen molar-refractivity contribution >= 4 is 47.2 Å². The first-order chi connectivity index (χ1) is 21.3. The van der Waals surface area contributed by atoms with Gasteiger partial charge in [0.25, 0.3) is 5.91 Å². The number of nitrogens with zero attached hydrogens (tertiary/aromatic N) is 1. The van der Waals surface area contributed by atoms with E-state index in [4.69, 9.17) is 22.1 Å². The molecule has 0 aliphatic carbocycles. The molecule has 0 saturated heterocycles. The minimum absolute atomic E-state index is 0.0644. The second-order valence-corrected chi connectivity index (χ2v) is 12.6. The molecule has 0 saturated carbocycles. The Morgan fingerprint density at radius 2 is 1.71 bits per heavy atom. The molecule has 2 aromatic carbocycles. The van der Waals surface area contributed by atoms with E-state index < -0.39 is 41.5 Å². The Bertz CT molecular complexity index is 1300. The molecule has 0 bridgehead atoms. The number of carbonyl (C=O) groups excluding carboxylic acids is 4. The van der Waals surface area contributed by atoms with Crippen LogP contribution in [0.1, 0.15) is 102 Å². The van der Waals surface area contributed by atoms with Gasteiger partial charge < -0.3 is 26.0 Å². The second kappa shape index (κ2) is 18.2. The van der Waals surface area contributed by atoms with E-state index in [0.29, 0.717) is 22.7 Å². The standard InChI is InChI=1S/C35H49ClN4O5/c1-7-9-10-11-12-13-22-40(33(43)28(20-21-29(37)41)38-34(44)45-35(4,5)6)31(26-18-15-17-25(8-2)23-26)32(42)39-30-24(3)16-14-19-27(30)36/h8,14-19,23,28,31H,2,7,9-13,20-22H2,1,3-6H3,(H2,37,41)(H,38,44)(H,39,42). The molecule has 45 heavy (non-hydrogen) atoms. The van der Waals surface area contributed by atoms with Crippen LogP contribution in [0.2, 0.25) is 5.02 Å². The van der Waals surface area contributed by atoms with Gasteiger partial charge in [-0.1, -0.05) is 93.6 Å². The SMILES string of the molecule is C=Cc1cccc(C(C(=O)Nc2c(C)cccc2Cl)N(CCCCCCCC)C(=O)C(CCC(N)=O)NC(=O)OC(C)(C)C)c1. The van der Waals surface area contributed by atoms with E-state index in [2.05, 4.69) is 24.1 Å². The van der Waals surface area contributed by atoms with E-state index in [1.807, 2.05) is 19.1 Å². The normalized spacial score (nSPS) is 12.5. The van der Waals surface area contributed by atoms with Crippen LogP contribution in [-0.2, 0) is 19.1 Å². The summed E-state index contributed by atoms with van der Waals surface area (Å²) < 4.78 is 5.43. The average molecular weight is 641 g/mol. The van der Waals surface area contributed by atoms with Gasteiger partial charge in [0, 0.05) is 13.0 Å². The molecule has 9 nitrogen and oxygen atoms in total. The monoisotopic (exact) mass is 640 g/mol. The number of nitrogens with one attached hydrogen (secondary N) is 2. The summed E-state index contributed by atoms with van der Waals surface area (Å²) in [6.07, 6.45) is 6.38. The molecule has 0 radical (unpaired) electrons. The zero-order chi connectivity index (χ0) is 33.6. The summed E-state index contributed by atoms with van der Waals surface area (Å²) >= 11 is 6.48. The molecule has 0 heterocycles. The maximum Gasteiger partial charge on any atom is 0.408 e. The largest absolute Gasteiger partial charge is 0.444 e. The molecule has 0 aliphatic heterocycles. The topological polar surface area (TPSA) is 131 Å². The first-order valence-corrected chi connectivity index (χ1v) is 16.0. The van der Waals surface area contributed by atoms with Gasteiger partial charge >= 0.3 is 6.09 Å². The number of carbonyl (C=O) groups is 4. The van der Waals surface area contributed by atoms with Crippen LogP contribution in [0.3, 0.4) is 0 Å². The zero-order valence-corrected chi connectivity index (χ0v) is 28.0. The van der Waals surface area contributed by atoms with Gasteiger partial charge in [-0.2, -0.15) is 0 Å². The van der Waals surface area contributed by atoms with Crippen molar-refractivity contribution in [3.63, 3.8) is 0 Å². The second-order valence-electron chi connectivity index (χ2n) is 12.2. The number of aryl methyl sites for hydroxylation is 1. The Morgan fingerprint density at radius 1 is 1.04 bits per heavy atom. The fourth-order valence-electron chi connectivity index (χ4n) is 4.93. The molecule has 0 fully saturated rings. The number of unbranched alkanes of at least 4 members (excludes halogenated alkanes) is 5. The lowest BCUT2D eigenvalue weighted by Crippen LogP contribution is -2.53. The number of para-hydroxylation sites is 1. The summed E-state index contributed by atoms with van der Waals surface area (Å²) in [5.74, 6) is -1.63. The molecule has 0 spiro atoms. The summed E-state index contributed by atoms with van der Waals surface area (Å²) in [5.41, 5.74) is 7.14. The van der Waals surface area contributed by atoms with Crippen molar-refractivity contribution < 1.29 is 23.9 Å². The third kappa shape index (κ3) is 12.6. The molecule has 246 valence electrons. The zero-order valence-electron chi connectivity index (χ0n) is 27.3. The van der Waals surface area contributed by atoms with E-state index in [9.17, 15) is 19.2 Å². The number of hydrogen-bond acceptors (Lipinski definition) is 5. The van der Waals surface area contributed by atoms with Crippen LogP contribution in [0.25, 0.3) is 6.08 Å². The molecule has 0 aliphatic rings. The van der Waals surface area contributed by atoms with Crippen LogP contribution in [0.15, 0.2) is 49.0 Å². The van der Waals surface area contributed by atoms with Crippen LogP contribution in [0.5, 0.6) is 0 Å². The van der Waals surface area contributed by atoms with Crippen LogP contribution in [0.4, 0.5) is 10.5 Å². The number of nitrogens with two attached hydrogens (primary N) is 1. The molecule has 2 unspecified atom stereocenters. The number of hydrogen-bond donors (Lipinski definition) is 3. The molecular formula is C35H49ClN4O5. The van der Waals surface area contributed by atoms with E-state index in [0.717, 1.165) is 43.2 Å². The average Bonchev–Trinajstić information content (AvgIpc) is 2.97. The number of alkyl carbamates (subject to hydrolysis) is 1. The number of amides is 4. The van der Waals surface area contributed by atoms with Gasteiger partial charge in [0.15, 0.2) is 0 Å². The van der Waals surface area contributed by atoms with Crippen molar-refractivity contribution in [2.45, 2.75) is 104 Å². The third-order valence-corrected chi connectivity index (χ3v) is 7.51. The Hall–Kier alpha value is -3.85. The van der Waals surface area contributed by atoms with Crippen molar-refractivity contribution in [1.82, 2.24) is 10.2 Å².